The van der Waals surface area contributed by atoms with Crippen LogP contribution in [0.1, 0.15) is 69.8 Å². The maximum atomic E-state index is 12.7. The third kappa shape index (κ3) is 9.54. The van der Waals surface area contributed by atoms with Crippen molar-refractivity contribution in [3.05, 3.63) is 60.2 Å². The second-order valence-electron chi connectivity index (χ2n) is 8.10. The smallest absolute Gasteiger partial charge is 0.305 e. The molecule has 5 heteroatoms. The molecular formula is C27H37NO4. The van der Waals surface area contributed by atoms with Crippen molar-refractivity contribution in [2.75, 3.05) is 19.1 Å². The maximum absolute atomic E-state index is 12.7. The number of benzene rings is 2. The van der Waals surface area contributed by atoms with Crippen molar-refractivity contribution in [2.24, 2.45) is 0 Å². The second kappa shape index (κ2) is 15.1. The molecule has 0 saturated carbocycles. The van der Waals surface area contributed by atoms with Crippen LogP contribution in [0.2, 0.25) is 0 Å². The lowest BCUT2D eigenvalue weighted by Crippen LogP contribution is -2.26. The van der Waals surface area contributed by atoms with E-state index in [4.69, 9.17) is 4.74 Å². The van der Waals surface area contributed by atoms with E-state index < -0.39 is 0 Å². The highest BCUT2D eigenvalue weighted by molar-refractivity contribution is 5.94. The van der Waals surface area contributed by atoms with Crippen molar-refractivity contribution in [3.63, 3.8) is 0 Å². The first-order valence-electron chi connectivity index (χ1n) is 11.7. The van der Waals surface area contributed by atoms with Crippen molar-refractivity contribution >= 4 is 17.6 Å². The van der Waals surface area contributed by atoms with Crippen LogP contribution in [0.15, 0.2) is 54.6 Å². The zero-order chi connectivity index (χ0) is 23.0. The summed E-state index contributed by atoms with van der Waals surface area (Å²) < 4.78 is 10.6. The van der Waals surface area contributed by atoms with Gasteiger partial charge in [0.25, 0.3) is 0 Å². The molecular weight excluding hydrogens is 402 g/mol. The van der Waals surface area contributed by atoms with Gasteiger partial charge in [0.2, 0.25) is 5.91 Å². The van der Waals surface area contributed by atoms with Gasteiger partial charge in [0.1, 0.15) is 12.4 Å². The fourth-order valence-corrected chi connectivity index (χ4v) is 3.60. The van der Waals surface area contributed by atoms with Crippen LogP contribution >= 0.6 is 0 Å². The fraction of sp³-hybridized carbons (Fsp3) is 0.481. The molecule has 5 nitrogen and oxygen atoms in total. The van der Waals surface area contributed by atoms with Crippen LogP contribution in [0.5, 0.6) is 5.75 Å². The number of carbonyl (C=O) groups is 2. The van der Waals surface area contributed by atoms with E-state index in [0.717, 1.165) is 55.5 Å². The number of ether oxygens (including phenoxy) is 2. The van der Waals surface area contributed by atoms with Crippen LogP contribution in [-0.4, -0.2) is 26.0 Å². The Balaban J connectivity index is 1.64. The minimum Gasteiger partial charge on any atom is -0.487 e. The van der Waals surface area contributed by atoms with Gasteiger partial charge in [-0.3, -0.25) is 9.59 Å². The highest BCUT2D eigenvalue weighted by Gasteiger charge is 2.15. The lowest BCUT2D eigenvalue weighted by atomic mass is 10.1. The molecule has 2 aromatic rings. The third-order valence-corrected chi connectivity index (χ3v) is 5.59. The zero-order valence-electron chi connectivity index (χ0n) is 19.6. The molecule has 32 heavy (non-hydrogen) atoms. The highest BCUT2D eigenvalue weighted by Crippen LogP contribution is 2.28. The summed E-state index contributed by atoms with van der Waals surface area (Å²) in [7, 11) is 3.25. The molecule has 0 bridgehead atoms. The second-order valence-corrected chi connectivity index (χ2v) is 8.10. The molecule has 2 aromatic carbocycles. The van der Waals surface area contributed by atoms with Gasteiger partial charge in [-0.2, -0.15) is 0 Å². The van der Waals surface area contributed by atoms with Crippen LogP contribution in [0.25, 0.3) is 0 Å². The van der Waals surface area contributed by atoms with Gasteiger partial charge in [0, 0.05) is 19.9 Å². The quantitative estimate of drug-likeness (QED) is 0.241. The van der Waals surface area contributed by atoms with Gasteiger partial charge in [-0.25, -0.2) is 0 Å². The average molecular weight is 440 g/mol. The number of para-hydroxylation sites is 2. The van der Waals surface area contributed by atoms with Gasteiger partial charge < -0.3 is 14.4 Å². The summed E-state index contributed by atoms with van der Waals surface area (Å²) in [6.07, 6.45) is 9.67. The first-order valence-corrected chi connectivity index (χ1v) is 11.7. The van der Waals surface area contributed by atoms with Gasteiger partial charge in [-0.15, -0.1) is 0 Å². The van der Waals surface area contributed by atoms with E-state index in [9.17, 15) is 9.59 Å². The van der Waals surface area contributed by atoms with E-state index in [1.807, 2.05) is 61.6 Å². The molecule has 0 aliphatic carbocycles. The molecule has 0 saturated heterocycles. The molecule has 0 unspecified atom stereocenters. The van der Waals surface area contributed by atoms with Crippen LogP contribution in [-0.2, 0) is 20.9 Å². The number of rotatable bonds is 15. The van der Waals surface area contributed by atoms with E-state index >= 15 is 0 Å². The molecule has 0 aliphatic heterocycles. The van der Waals surface area contributed by atoms with Crippen LogP contribution < -0.4 is 9.64 Å². The minimum atomic E-state index is -0.120. The summed E-state index contributed by atoms with van der Waals surface area (Å²) in [6.45, 7) is 0.475. The standard InChI is InChI=1S/C27H37NO4/c1-28(24-18-14-15-19-25(24)32-22-23-16-10-9-11-17-23)26(29)20-12-7-5-3-4-6-8-13-21-27(30)31-2/h9-11,14-19H,3-8,12-13,20-22H2,1-2H3. The Bertz CT molecular complexity index is 806. The molecule has 0 atom stereocenters. The molecule has 2 rings (SSSR count). The number of carbonyl (C=O) groups excluding carboxylic acids is 2. The molecule has 0 radical (unpaired) electrons. The Morgan fingerprint density at radius 1 is 0.750 bits per heavy atom. The number of esters is 1. The normalized spacial score (nSPS) is 10.6. The highest BCUT2D eigenvalue weighted by atomic mass is 16.5. The van der Waals surface area contributed by atoms with Crippen LogP contribution in [0, 0.1) is 0 Å². The molecule has 0 N–H and O–H groups in total. The van der Waals surface area contributed by atoms with E-state index in [-0.39, 0.29) is 11.9 Å². The van der Waals surface area contributed by atoms with Crippen molar-refractivity contribution in [2.45, 2.75) is 70.8 Å². The van der Waals surface area contributed by atoms with E-state index in [2.05, 4.69) is 4.74 Å². The number of hydrogen-bond acceptors (Lipinski definition) is 4. The zero-order valence-corrected chi connectivity index (χ0v) is 19.6. The van der Waals surface area contributed by atoms with Crippen LogP contribution in [0.3, 0.4) is 0 Å². The first-order chi connectivity index (χ1) is 15.6. The number of unbranched alkanes of at least 4 members (excludes halogenated alkanes) is 7. The van der Waals surface area contributed by atoms with E-state index in [0.29, 0.717) is 19.4 Å². The summed E-state index contributed by atoms with van der Waals surface area (Å²) >= 11 is 0. The van der Waals surface area contributed by atoms with Crippen LogP contribution in [0.4, 0.5) is 5.69 Å². The molecule has 0 aromatic heterocycles. The predicted molar refractivity (Wildman–Crippen MR) is 129 cm³/mol. The Morgan fingerprint density at radius 3 is 1.97 bits per heavy atom. The van der Waals surface area contributed by atoms with Crippen molar-refractivity contribution in [1.29, 1.82) is 0 Å². The van der Waals surface area contributed by atoms with Gasteiger partial charge in [-0.1, -0.05) is 81.0 Å². The van der Waals surface area contributed by atoms with Crippen molar-refractivity contribution in [3.8, 4) is 5.75 Å². The molecule has 0 heterocycles. The lowest BCUT2D eigenvalue weighted by Gasteiger charge is -2.21. The maximum Gasteiger partial charge on any atom is 0.305 e. The molecule has 0 aliphatic rings. The average Bonchev–Trinajstić information content (AvgIpc) is 2.83. The van der Waals surface area contributed by atoms with E-state index in [1.165, 1.54) is 20.0 Å². The Labute approximate surface area is 192 Å². The van der Waals surface area contributed by atoms with Crippen molar-refractivity contribution < 1.29 is 19.1 Å². The number of methoxy groups -OCH3 is 1. The number of nitrogens with zero attached hydrogens (tertiary/aromatic N) is 1. The summed E-state index contributed by atoms with van der Waals surface area (Å²) in [6, 6.07) is 17.7. The predicted octanol–water partition coefficient (Wildman–Crippen LogP) is 6.30. The topological polar surface area (TPSA) is 55.8 Å². The largest absolute Gasteiger partial charge is 0.487 e. The SMILES string of the molecule is COC(=O)CCCCCCCCCCC(=O)N(C)c1ccccc1OCc1ccccc1. The first kappa shape index (κ1) is 25.4. The monoisotopic (exact) mass is 439 g/mol. The molecule has 174 valence electrons. The summed E-state index contributed by atoms with van der Waals surface area (Å²) in [5.74, 6) is 0.716. The number of hydrogen-bond donors (Lipinski definition) is 0. The van der Waals surface area contributed by atoms with Gasteiger partial charge >= 0.3 is 5.97 Å². The summed E-state index contributed by atoms with van der Waals surface area (Å²) in [4.78, 5) is 25.5. The molecule has 0 spiro atoms. The van der Waals surface area contributed by atoms with Gasteiger partial charge in [0.05, 0.1) is 12.8 Å². The summed E-state index contributed by atoms with van der Waals surface area (Å²) in [5, 5.41) is 0. The number of anilines is 1. The Kier molecular flexibility index (Phi) is 12.0. The minimum absolute atomic E-state index is 0.114. The third-order valence-electron chi connectivity index (χ3n) is 5.59. The molecule has 1 amide bonds. The van der Waals surface area contributed by atoms with Gasteiger partial charge in [0.15, 0.2) is 0 Å². The van der Waals surface area contributed by atoms with E-state index in [1.54, 1.807) is 4.90 Å². The summed E-state index contributed by atoms with van der Waals surface area (Å²) in [5.41, 5.74) is 1.90. The Hall–Kier alpha value is -2.82. The fourth-order valence-electron chi connectivity index (χ4n) is 3.60. The van der Waals surface area contributed by atoms with Gasteiger partial charge in [-0.05, 0) is 30.5 Å². The molecule has 0 fully saturated rings. The Morgan fingerprint density at radius 2 is 1.31 bits per heavy atom. The number of amides is 1. The van der Waals surface area contributed by atoms with Crippen molar-refractivity contribution in [1.82, 2.24) is 0 Å². The lowest BCUT2D eigenvalue weighted by molar-refractivity contribution is -0.140.